The van der Waals surface area contributed by atoms with Gasteiger partial charge in [0.1, 0.15) is 0 Å². The van der Waals surface area contributed by atoms with Crippen LogP contribution in [0.2, 0.25) is 0 Å². The highest BCUT2D eigenvalue weighted by molar-refractivity contribution is 5.95. The Morgan fingerprint density at radius 1 is 1.29 bits per heavy atom. The van der Waals surface area contributed by atoms with Crippen LogP contribution in [0.1, 0.15) is 43.0 Å². The first-order chi connectivity index (χ1) is 13.6. The molecule has 28 heavy (non-hydrogen) atoms. The standard InChI is InChI=1S/C21H25N5O2/c1-3-21(13-27)11-15-7-8-17(21)26(15)20(28)14-6-9-18-22-23-19(25(18)12-14)16-5-4-10-24(16)2/h4-6,9-10,12,15,17,27H,3,7-8,11,13H2,1-2H3/t15-,17+,21-/m1/s1. The second-order valence-electron chi connectivity index (χ2n) is 8.21. The van der Waals surface area contributed by atoms with Crippen LogP contribution in [0.15, 0.2) is 36.7 Å². The van der Waals surface area contributed by atoms with Crippen LogP contribution in [0.3, 0.4) is 0 Å². The SMILES string of the molecule is CC[C@]1(CO)C[C@H]2CC[C@@H]1N2C(=O)c1ccc2nnc(-c3cccn3C)n2c1. The molecule has 7 heteroatoms. The summed E-state index contributed by atoms with van der Waals surface area (Å²) in [5, 5.41) is 18.6. The molecular weight excluding hydrogens is 354 g/mol. The molecule has 3 aromatic heterocycles. The third kappa shape index (κ3) is 2.29. The zero-order valence-electron chi connectivity index (χ0n) is 16.2. The number of fused-ring (bicyclic) bond motifs is 3. The van der Waals surface area contributed by atoms with Crippen molar-refractivity contribution < 1.29 is 9.90 Å². The molecule has 5 rings (SSSR count). The minimum absolute atomic E-state index is 0.0460. The van der Waals surface area contributed by atoms with Crippen LogP contribution in [-0.4, -0.2) is 53.8 Å². The Balaban J connectivity index is 1.54. The van der Waals surface area contributed by atoms with Crippen LogP contribution >= 0.6 is 0 Å². The molecule has 2 aliphatic heterocycles. The average molecular weight is 379 g/mol. The molecule has 0 spiro atoms. The van der Waals surface area contributed by atoms with Crippen LogP contribution in [0.4, 0.5) is 0 Å². The molecule has 2 bridgehead atoms. The zero-order chi connectivity index (χ0) is 19.5. The lowest BCUT2D eigenvalue weighted by molar-refractivity contribution is 0.0556. The van der Waals surface area contributed by atoms with Gasteiger partial charge in [0.2, 0.25) is 0 Å². The van der Waals surface area contributed by atoms with Gasteiger partial charge >= 0.3 is 0 Å². The van der Waals surface area contributed by atoms with E-state index in [1.165, 1.54) is 0 Å². The van der Waals surface area contributed by atoms with Crippen LogP contribution in [0.5, 0.6) is 0 Å². The summed E-state index contributed by atoms with van der Waals surface area (Å²) in [5.74, 6) is 0.768. The number of aliphatic hydroxyl groups excluding tert-OH is 1. The maximum atomic E-state index is 13.4. The molecule has 2 saturated heterocycles. The predicted octanol–water partition coefficient (Wildman–Crippen LogP) is 2.50. The Morgan fingerprint density at radius 3 is 2.82 bits per heavy atom. The molecule has 1 N–H and O–H groups in total. The smallest absolute Gasteiger partial charge is 0.255 e. The van der Waals surface area contributed by atoms with Gasteiger partial charge in [0.25, 0.3) is 5.91 Å². The Bertz CT molecular complexity index is 1050. The van der Waals surface area contributed by atoms with E-state index in [2.05, 4.69) is 17.1 Å². The summed E-state index contributed by atoms with van der Waals surface area (Å²) < 4.78 is 3.88. The van der Waals surface area contributed by atoms with Crippen molar-refractivity contribution in [1.82, 2.24) is 24.1 Å². The number of carbonyl (C=O) groups excluding carboxylic acids is 1. The molecule has 3 aromatic rings. The van der Waals surface area contributed by atoms with Crippen LogP contribution < -0.4 is 0 Å². The first-order valence-electron chi connectivity index (χ1n) is 9.98. The molecule has 1 amide bonds. The molecule has 0 saturated carbocycles. The van der Waals surface area contributed by atoms with E-state index >= 15 is 0 Å². The molecule has 0 aromatic carbocycles. The number of hydrogen-bond acceptors (Lipinski definition) is 4. The van der Waals surface area contributed by atoms with E-state index in [1.54, 1.807) is 0 Å². The first kappa shape index (κ1) is 17.4. The lowest BCUT2D eigenvalue weighted by Crippen LogP contribution is -2.42. The number of aliphatic hydroxyl groups is 1. The third-order valence-electron chi connectivity index (χ3n) is 6.93. The minimum Gasteiger partial charge on any atom is -0.396 e. The molecule has 2 fully saturated rings. The van der Waals surface area contributed by atoms with E-state index in [4.69, 9.17) is 0 Å². The number of amides is 1. The fourth-order valence-electron chi connectivity index (χ4n) is 5.29. The van der Waals surface area contributed by atoms with Crippen molar-refractivity contribution >= 4 is 11.6 Å². The fourth-order valence-corrected chi connectivity index (χ4v) is 5.29. The highest BCUT2D eigenvalue weighted by atomic mass is 16.3. The summed E-state index contributed by atoms with van der Waals surface area (Å²) in [5.41, 5.74) is 2.16. The van der Waals surface area contributed by atoms with Gasteiger partial charge in [-0.3, -0.25) is 9.20 Å². The third-order valence-corrected chi connectivity index (χ3v) is 6.93. The molecule has 0 radical (unpaired) electrons. The predicted molar refractivity (Wildman–Crippen MR) is 105 cm³/mol. The Labute approximate surface area is 163 Å². The number of pyridine rings is 1. The van der Waals surface area contributed by atoms with Gasteiger partial charge in [0.15, 0.2) is 11.5 Å². The summed E-state index contributed by atoms with van der Waals surface area (Å²) in [6.45, 7) is 2.27. The average Bonchev–Trinajstić information content (AvgIpc) is 3.48. The first-order valence-corrected chi connectivity index (χ1v) is 9.98. The van der Waals surface area contributed by atoms with Gasteiger partial charge < -0.3 is 14.6 Å². The highest BCUT2D eigenvalue weighted by Crippen LogP contribution is 2.51. The maximum Gasteiger partial charge on any atom is 0.255 e. The molecule has 146 valence electrons. The van der Waals surface area contributed by atoms with E-state index in [0.717, 1.165) is 42.8 Å². The largest absolute Gasteiger partial charge is 0.396 e. The minimum atomic E-state index is -0.145. The lowest BCUT2D eigenvalue weighted by Gasteiger charge is -2.34. The van der Waals surface area contributed by atoms with E-state index < -0.39 is 0 Å². The van der Waals surface area contributed by atoms with Gasteiger partial charge in [-0.05, 0) is 49.9 Å². The molecule has 0 unspecified atom stereocenters. The number of rotatable bonds is 4. The Morgan fingerprint density at radius 2 is 2.14 bits per heavy atom. The number of aromatic nitrogens is 4. The van der Waals surface area contributed by atoms with E-state index in [-0.39, 0.29) is 30.0 Å². The summed E-state index contributed by atoms with van der Waals surface area (Å²) >= 11 is 0. The number of carbonyl (C=O) groups is 1. The quantitative estimate of drug-likeness (QED) is 0.756. The monoisotopic (exact) mass is 379 g/mol. The van der Waals surface area contributed by atoms with Crippen LogP contribution in [-0.2, 0) is 7.05 Å². The van der Waals surface area contributed by atoms with Gasteiger partial charge in [0, 0.05) is 36.9 Å². The number of aryl methyl sites for hydroxylation is 1. The summed E-state index contributed by atoms with van der Waals surface area (Å²) in [4.78, 5) is 15.5. The van der Waals surface area contributed by atoms with Crippen molar-refractivity contribution in [2.45, 2.75) is 44.7 Å². The van der Waals surface area contributed by atoms with Crippen molar-refractivity contribution in [3.05, 3.63) is 42.2 Å². The second kappa shape index (κ2) is 6.17. The van der Waals surface area contributed by atoms with Gasteiger partial charge in [0.05, 0.1) is 17.9 Å². The molecule has 3 atom stereocenters. The summed E-state index contributed by atoms with van der Waals surface area (Å²) in [7, 11) is 1.96. The molecule has 0 aliphatic carbocycles. The van der Waals surface area contributed by atoms with Crippen molar-refractivity contribution in [3.8, 4) is 11.5 Å². The van der Waals surface area contributed by atoms with Crippen molar-refractivity contribution in [1.29, 1.82) is 0 Å². The maximum absolute atomic E-state index is 13.4. The summed E-state index contributed by atoms with van der Waals surface area (Å²) in [6.07, 6.45) is 7.63. The van der Waals surface area contributed by atoms with Gasteiger partial charge in [-0.1, -0.05) is 6.92 Å². The fraction of sp³-hybridized carbons (Fsp3) is 0.476. The zero-order valence-corrected chi connectivity index (χ0v) is 16.2. The molecule has 5 heterocycles. The molecular formula is C21H25N5O2. The molecule has 2 aliphatic rings. The molecule has 7 nitrogen and oxygen atoms in total. The number of nitrogens with zero attached hydrogens (tertiary/aromatic N) is 5. The van der Waals surface area contributed by atoms with Crippen molar-refractivity contribution in [3.63, 3.8) is 0 Å². The van der Waals surface area contributed by atoms with Crippen molar-refractivity contribution in [2.75, 3.05) is 6.61 Å². The van der Waals surface area contributed by atoms with Crippen LogP contribution in [0, 0.1) is 5.41 Å². The normalized spacial score (nSPS) is 26.5. The van der Waals surface area contributed by atoms with Gasteiger partial charge in [-0.15, -0.1) is 10.2 Å². The van der Waals surface area contributed by atoms with Gasteiger partial charge in [-0.2, -0.15) is 0 Å². The van der Waals surface area contributed by atoms with Crippen molar-refractivity contribution in [2.24, 2.45) is 12.5 Å². The number of hydrogen-bond donors (Lipinski definition) is 1. The van der Waals surface area contributed by atoms with Crippen LogP contribution in [0.25, 0.3) is 17.2 Å². The van der Waals surface area contributed by atoms with Gasteiger partial charge in [-0.25, -0.2) is 0 Å². The highest BCUT2D eigenvalue weighted by Gasteiger charge is 2.56. The van der Waals surface area contributed by atoms with E-state index in [9.17, 15) is 9.90 Å². The Kier molecular flexibility index (Phi) is 3.84. The summed E-state index contributed by atoms with van der Waals surface area (Å²) in [6, 6.07) is 8.00. The Hall–Kier alpha value is -2.67. The topological polar surface area (TPSA) is 75.7 Å². The van der Waals surface area contributed by atoms with E-state index in [0.29, 0.717) is 5.56 Å². The second-order valence-corrected chi connectivity index (χ2v) is 8.21. The van der Waals surface area contributed by atoms with E-state index in [1.807, 2.05) is 57.6 Å². The lowest BCUT2D eigenvalue weighted by atomic mass is 9.72.